The van der Waals surface area contributed by atoms with Crippen LogP contribution in [0.25, 0.3) is 0 Å². The molecule has 2 aromatic rings. The summed E-state index contributed by atoms with van der Waals surface area (Å²) in [4.78, 5) is 0.0463. The van der Waals surface area contributed by atoms with Gasteiger partial charge in [-0.1, -0.05) is 39.7 Å². The quantitative estimate of drug-likeness (QED) is 0.891. The molecule has 0 spiro atoms. The fourth-order valence-electron chi connectivity index (χ4n) is 1.60. The molecular weight excluding hydrogens is 350 g/mol. The predicted octanol–water partition coefficient (Wildman–Crippen LogP) is 4.21. The Kier molecular flexibility index (Phi) is 4.18. The molecule has 3 nitrogen and oxygen atoms in total. The van der Waals surface area contributed by atoms with Crippen LogP contribution in [-0.4, -0.2) is 8.42 Å². The summed E-state index contributed by atoms with van der Waals surface area (Å²) in [6.07, 6.45) is 0. The molecule has 2 aromatic carbocycles. The fourth-order valence-corrected chi connectivity index (χ4v) is 3.69. The molecule has 0 amide bonds. The van der Waals surface area contributed by atoms with Crippen LogP contribution in [0.4, 0.5) is 5.69 Å². The van der Waals surface area contributed by atoms with Crippen molar-refractivity contribution in [3.05, 3.63) is 57.5 Å². The van der Waals surface area contributed by atoms with Gasteiger partial charge in [0.1, 0.15) is 4.90 Å². The molecule has 0 radical (unpaired) electrons. The lowest BCUT2D eigenvalue weighted by Crippen LogP contribution is -2.13. The number of sulfonamides is 1. The summed E-state index contributed by atoms with van der Waals surface area (Å²) in [7, 11) is -3.70. The van der Waals surface area contributed by atoms with Crippen molar-refractivity contribution in [1.29, 1.82) is 0 Å². The zero-order valence-electron chi connectivity index (χ0n) is 10.0. The number of nitrogens with one attached hydrogen (secondary N) is 1. The van der Waals surface area contributed by atoms with Crippen LogP contribution in [0.15, 0.2) is 51.8 Å². The molecule has 100 valence electrons. The zero-order valence-corrected chi connectivity index (χ0v) is 13.2. The minimum Gasteiger partial charge on any atom is -0.280 e. The molecule has 2 rings (SSSR count). The molecule has 6 heteroatoms. The molecule has 0 saturated carbocycles. The Labute approximate surface area is 125 Å². The zero-order chi connectivity index (χ0) is 14.0. The monoisotopic (exact) mass is 359 g/mol. The second kappa shape index (κ2) is 5.53. The SMILES string of the molecule is Cc1cccc(NS(=O)(=O)c2cc(Br)ccc2Cl)c1. The largest absolute Gasteiger partial charge is 0.280 e. The number of benzene rings is 2. The highest BCUT2D eigenvalue weighted by Crippen LogP contribution is 2.27. The van der Waals surface area contributed by atoms with Gasteiger partial charge in [0.25, 0.3) is 10.0 Å². The van der Waals surface area contributed by atoms with E-state index in [-0.39, 0.29) is 9.92 Å². The van der Waals surface area contributed by atoms with E-state index in [0.29, 0.717) is 10.2 Å². The van der Waals surface area contributed by atoms with E-state index in [1.54, 1.807) is 24.3 Å². The van der Waals surface area contributed by atoms with Crippen LogP contribution in [0.3, 0.4) is 0 Å². The Morgan fingerprint density at radius 3 is 2.58 bits per heavy atom. The molecule has 1 N–H and O–H groups in total. The van der Waals surface area contributed by atoms with Crippen LogP contribution in [0, 0.1) is 6.92 Å². The summed E-state index contributed by atoms with van der Waals surface area (Å²) >= 11 is 9.17. The summed E-state index contributed by atoms with van der Waals surface area (Å²) in [5, 5.41) is 0.184. The van der Waals surface area contributed by atoms with E-state index in [2.05, 4.69) is 20.7 Å². The number of halogens is 2. The number of hydrogen-bond donors (Lipinski definition) is 1. The minimum atomic E-state index is -3.70. The third-order valence-corrected chi connectivity index (χ3v) is 4.81. The van der Waals surface area contributed by atoms with Crippen molar-refractivity contribution in [1.82, 2.24) is 0 Å². The highest BCUT2D eigenvalue weighted by Gasteiger charge is 2.18. The van der Waals surface area contributed by atoms with E-state index in [1.165, 1.54) is 12.1 Å². The van der Waals surface area contributed by atoms with Crippen LogP contribution >= 0.6 is 27.5 Å². The number of aryl methyl sites for hydroxylation is 1. The van der Waals surface area contributed by atoms with Crippen molar-refractivity contribution >= 4 is 43.2 Å². The van der Waals surface area contributed by atoms with Crippen LogP contribution in [0.5, 0.6) is 0 Å². The second-order valence-electron chi connectivity index (χ2n) is 4.05. The van der Waals surface area contributed by atoms with Gasteiger partial charge in [-0.2, -0.15) is 0 Å². The summed E-state index contributed by atoms with van der Waals surface area (Å²) < 4.78 is 27.7. The van der Waals surface area contributed by atoms with Crippen LogP contribution in [0.2, 0.25) is 5.02 Å². The Hall–Kier alpha value is -1.04. The summed E-state index contributed by atoms with van der Waals surface area (Å²) in [6.45, 7) is 1.89. The lowest BCUT2D eigenvalue weighted by Gasteiger charge is -2.10. The van der Waals surface area contributed by atoms with Crippen LogP contribution in [-0.2, 0) is 10.0 Å². The molecule has 0 aliphatic carbocycles. The number of hydrogen-bond acceptors (Lipinski definition) is 2. The maximum absolute atomic E-state index is 12.3. The highest BCUT2D eigenvalue weighted by atomic mass is 79.9. The lowest BCUT2D eigenvalue weighted by atomic mass is 10.2. The van der Waals surface area contributed by atoms with E-state index >= 15 is 0 Å². The normalized spacial score (nSPS) is 11.3. The summed E-state index contributed by atoms with van der Waals surface area (Å²) in [6, 6.07) is 11.8. The summed E-state index contributed by atoms with van der Waals surface area (Å²) in [5.74, 6) is 0. The first-order valence-electron chi connectivity index (χ1n) is 5.43. The average molecular weight is 361 g/mol. The highest BCUT2D eigenvalue weighted by molar-refractivity contribution is 9.10. The van der Waals surface area contributed by atoms with Gasteiger partial charge in [0.2, 0.25) is 0 Å². The molecule has 0 atom stereocenters. The second-order valence-corrected chi connectivity index (χ2v) is 7.02. The van der Waals surface area contributed by atoms with E-state index < -0.39 is 10.0 Å². The fraction of sp³-hybridized carbons (Fsp3) is 0.0769. The van der Waals surface area contributed by atoms with Crippen LogP contribution in [0.1, 0.15) is 5.56 Å². The van der Waals surface area contributed by atoms with E-state index in [9.17, 15) is 8.42 Å². The van der Waals surface area contributed by atoms with Gasteiger partial charge >= 0.3 is 0 Å². The molecule has 0 unspecified atom stereocenters. The molecule has 19 heavy (non-hydrogen) atoms. The van der Waals surface area contributed by atoms with Gasteiger partial charge in [0.15, 0.2) is 0 Å². The molecule has 0 aliphatic heterocycles. The Morgan fingerprint density at radius 1 is 1.16 bits per heavy atom. The van der Waals surface area contributed by atoms with Gasteiger partial charge < -0.3 is 0 Å². The smallest absolute Gasteiger partial charge is 0.263 e. The molecule has 0 heterocycles. The maximum Gasteiger partial charge on any atom is 0.263 e. The first-order chi connectivity index (χ1) is 8.88. The van der Waals surface area contributed by atoms with Gasteiger partial charge in [-0.25, -0.2) is 8.42 Å². The Bertz CT molecular complexity index is 716. The van der Waals surface area contributed by atoms with Gasteiger partial charge in [0, 0.05) is 10.2 Å². The predicted molar refractivity (Wildman–Crippen MR) is 81.1 cm³/mol. The summed E-state index contributed by atoms with van der Waals surface area (Å²) in [5.41, 5.74) is 1.48. The third kappa shape index (κ3) is 3.49. The molecule has 0 fully saturated rings. The van der Waals surface area contributed by atoms with E-state index in [1.807, 2.05) is 13.0 Å². The van der Waals surface area contributed by atoms with Gasteiger partial charge in [-0.05, 0) is 42.8 Å². The molecular formula is C13H11BrClNO2S. The van der Waals surface area contributed by atoms with Crippen molar-refractivity contribution in [2.24, 2.45) is 0 Å². The molecule has 0 saturated heterocycles. The van der Waals surface area contributed by atoms with Crippen LogP contribution < -0.4 is 4.72 Å². The first kappa shape index (κ1) is 14.4. The number of rotatable bonds is 3. The Morgan fingerprint density at radius 2 is 1.89 bits per heavy atom. The van der Waals surface area contributed by atoms with Crippen molar-refractivity contribution in [3.63, 3.8) is 0 Å². The third-order valence-electron chi connectivity index (χ3n) is 2.45. The van der Waals surface area contributed by atoms with Gasteiger partial charge in [-0.15, -0.1) is 0 Å². The van der Waals surface area contributed by atoms with E-state index in [4.69, 9.17) is 11.6 Å². The van der Waals surface area contributed by atoms with Crippen molar-refractivity contribution in [3.8, 4) is 0 Å². The lowest BCUT2D eigenvalue weighted by molar-refractivity contribution is 0.601. The molecule has 0 aromatic heterocycles. The first-order valence-corrected chi connectivity index (χ1v) is 8.08. The number of anilines is 1. The molecule has 0 aliphatic rings. The van der Waals surface area contributed by atoms with Crippen molar-refractivity contribution in [2.45, 2.75) is 11.8 Å². The average Bonchev–Trinajstić information content (AvgIpc) is 2.31. The van der Waals surface area contributed by atoms with Gasteiger partial charge in [0.05, 0.1) is 5.02 Å². The topological polar surface area (TPSA) is 46.2 Å². The maximum atomic E-state index is 12.3. The Balaban J connectivity index is 2.40. The van der Waals surface area contributed by atoms with Gasteiger partial charge in [-0.3, -0.25) is 4.72 Å². The minimum absolute atomic E-state index is 0.0463. The van der Waals surface area contributed by atoms with Crippen molar-refractivity contribution < 1.29 is 8.42 Å². The van der Waals surface area contributed by atoms with E-state index in [0.717, 1.165) is 5.56 Å². The standard InChI is InChI=1S/C13H11BrClNO2S/c1-9-3-2-4-11(7-9)16-19(17,18)13-8-10(14)5-6-12(13)15/h2-8,16H,1H3. The van der Waals surface area contributed by atoms with Crippen molar-refractivity contribution in [2.75, 3.05) is 4.72 Å². The molecule has 0 bridgehead atoms.